The van der Waals surface area contributed by atoms with Gasteiger partial charge in [-0.3, -0.25) is 9.52 Å². The number of amides is 1. The van der Waals surface area contributed by atoms with Gasteiger partial charge in [0.15, 0.2) is 0 Å². The van der Waals surface area contributed by atoms with Crippen molar-refractivity contribution >= 4 is 27.7 Å². The van der Waals surface area contributed by atoms with E-state index in [2.05, 4.69) is 21.5 Å². The summed E-state index contributed by atoms with van der Waals surface area (Å²) < 4.78 is 78.9. The summed E-state index contributed by atoms with van der Waals surface area (Å²) in [6.07, 6.45) is 5.43. The lowest BCUT2D eigenvalue weighted by Gasteiger charge is -2.24. The smallest absolute Gasteiger partial charge is 0.348 e. The molecular formula is C24H24F4N4O3S. The molecule has 7 nitrogen and oxygen atoms in total. The Bertz CT molecular complexity index is 1310. The van der Waals surface area contributed by atoms with Crippen LogP contribution in [0.25, 0.3) is 6.08 Å². The van der Waals surface area contributed by atoms with Gasteiger partial charge in [-0.05, 0) is 61.3 Å². The van der Waals surface area contributed by atoms with Gasteiger partial charge in [0, 0.05) is 18.5 Å². The number of piperidine rings is 1. The van der Waals surface area contributed by atoms with Gasteiger partial charge in [-0.2, -0.15) is 13.2 Å². The molecule has 1 fully saturated rings. The van der Waals surface area contributed by atoms with Crippen LogP contribution in [0, 0.1) is 18.2 Å². The van der Waals surface area contributed by atoms with E-state index in [0.29, 0.717) is 31.5 Å². The second kappa shape index (κ2) is 11.1. The standard InChI is InChI=1S/C24H24F4N4O3S/c1-3-16-12-15(13-19(25)23(16)32-36(2,34)35)14-30-21(33)7-5-17-4-6-20(24(26,27)28)31-22(17)18-8-10-29-11-9-18/h1,4-7,12-13,18,29,32H,8-11,14H2,2H3,(H,30,33). The van der Waals surface area contributed by atoms with Crippen molar-refractivity contribution in [2.75, 3.05) is 24.1 Å². The topological polar surface area (TPSA) is 100 Å². The molecule has 2 aromatic rings. The summed E-state index contributed by atoms with van der Waals surface area (Å²) in [7, 11) is -3.76. The number of benzene rings is 1. The zero-order valence-electron chi connectivity index (χ0n) is 19.2. The highest BCUT2D eigenvalue weighted by Crippen LogP contribution is 2.33. The van der Waals surface area contributed by atoms with Crippen molar-refractivity contribution in [1.82, 2.24) is 15.6 Å². The van der Waals surface area contributed by atoms with Gasteiger partial charge in [0.1, 0.15) is 11.5 Å². The van der Waals surface area contributed by atoms with E-state index in [1.54, 1.807) is 0 Å². The number of pyridine rings is 1. The zero-order chi connectivity index (χ0) is 26.5. The molecule has 1 aromatic carbocycles. The summed E-state index contributed by atoms with van der Waals surface area (Å²) >= 11 is 0. The predicted octanol–water partition coefficient (Wildman–Crippen LogP) is 3.39. The Morgan fingerprint density at radius 2 is 1.97 bits per heavy atom. The molecule has 0 radical (unpaired) electrons. The molecule has 1 amide bonds. The van der Waals surface area contributed by atoms with E-state index in [-0.39, 0.29) is 35.0 Å². The van der Waals surface area contributed by atoms with E-state index in [1.807, 2.05) is 4.72 Å². The van der Waals surface area contributed by atoms with Crippen LogP contribution in [-0.2, 0) is 27.5 Å². The van der Waals surface area contributed by atoms with Gasteiger partial charge >= 0.3 is 6.18 Å². The number of hydrogen-bond acceptors (Lipinski definition) is 5. The second-order valence-electron chi connectivity index (χ2n) is 8.26. The van der Waals surface area contributed by atoms with Crippen LogP contribution in [0.1, 0.15) is 46.8 Å². The number of alkyl halides is 3. The number of hydrogen-bond donors (Lipinski definition) is 3. The molecule has 0 saturated carbocycles. The Hall–Kier alpha value is -3.43. The summed E-state index contributed by atoms with van der Waals surface area (Å²) in [4.78, 5) is 16.2. The lowest BCUT2D eigenvalue weighted by molar-refractivity contribution is -0.141. The van der Waals surface area contributed by atoms with Crippen LogP contribution in [0.4, 0.5) is 23.2 Å². The number of terminal acetylenes is 1. The lowest BCUT2D eigenvalue weighted by atomic mass is 9.90. The Morgan fingerprint density at radius 1 is 1.28 bits per heavy atom. The van der Waals surface area contributed by atoms with Crippen molar-refractivity contribution in [1.29, 1.82) is 0 Å². The third-order valence-corrected chi connectivity index (χ3v) is 6.02. The molecule has 12 heteroatoms. The molecule has 0 spiro atoms. The van der Waals surface area contributed by atoms with Gasteiger partial charge in [-0.15, -0.1) is 6.42 Å². The minimum absolute atomic E-state index is 0.0392. The minimum Gasteiger partial charge on any atom is -0.348 e. The molecule has 1 aliphatic heterocycles. The second-order valence-corrected chi connectivity index (χ2v) is 10.0. The number of rotatable bonds is 7. The van der Waals surface area contributed by atoms with Crippen molar-refractivity contribution in [3.63, 3.8) is 0 Å². The van der Waals surface area contributed by atoms with Gasteiger partial charge in [0.2, 0.25) is 15.9 Å². The summed E-state index contributed by atoms with van der Waals surface area (Å²) in [5.74, 6) is 0.540. The lowest BCUT2D eigenvalue weighted by Crippen LogP contribution is -2.28. The van der Waals surface area contributed by atoms with Crippen LogP contribution < -0.4 is 15.4 Å². The summed E-state index contributed by atoms with van der Waals surface area (Å²) in [5, 5.41) is 5.69. The Balaban J connectivity index is 1.76. The molecular weight excluding hydrogens is 500 g/mol. The van der Waals surface area contributed by atoms with Crippen LogP contribution in [0.3, 0.4) is 0 Å². The summed E-state index contributed by atoms with van der Waals surface area (Å²) in [6.45, 7) is 1.18. The quantitative estimate of drug-likeness (QED) is 0.293. The molecule has 1 saturated heterocycles. The highest BCUT2D eigenvalue weighted by atomic mass is 32.2. The minimum atomic E-state index is -4.58. The third-order valence-electron chi connectivity index (χ3n) is 5.45. The van der Waals surface area contributed by atoms with Crippen LogP contribution in [0.2, 0.25) is 0 Å². The molecule has 192 valence electrons. The normalized spacial score (nSPS) is 15.0. The van der Waals surface area contributed by atoms with Crippen molar-refractivity contribution in [3.8, 4) is 12.3 Å². The van der Waals surface area contributed by atoms with E-state index in [0.717, 1.165) is 24.5 Å². The van der Waals surface area contributed by atoms with Crippen LogP contribution >= 0.6 is 0 Å². The van der Waals surface area contributed by atoms with E-state index in [4.69, 9.17) is 6.42 Å². The molecule has 3 rings (SSSR count). The number of halogens is 4. The molecule has 0 bridgehead atoms. The highest BCUT2D eigenvalue weighted by molar-refractivity contribution is 7.92. The number of aromatic nitrogens is 1. The average Bonchev–Trinajstić information content (AvgIpc) is 2.82. The first kappa shape index (κ1) is 27.2. The molecule has 1 aromatic heterocycles. The molecule has 0 aliphatic carbocycles. The fraction of sp³-hybridized carbons (Fsp3) is 0.333. The van der Waals surface area contributed by atoms with E-state index in [9.17, 15) is 30.8 Å². The number of nitrogens with one attached hydrogen (secondary N) is 3. The first-order valence-electron chi connectivity index (χ1n) is 10.9. The van der Waals surface area contributed by atoms with Gasteiger partial charge in [0.05, 0.1) is 23.2 Å². The number of carbonyl (C=O) groups excluding carboxylic acids is 1. The fourth-order valence-electron chi connectivity index (χ4n) is 3.79. The van der Waals surface area contributed by atoms with Crippen LogP contribution in [0.5, 0.6) is 0 Å². The van der Waals surface area contributed by atoms with Gasteiger partial charge < -0.3 is 10.6 Å². The van der Waals surface area contributed by atoms with Crippen molar-refractivity contribution < 1.29 is 30.8 Å². The molecule has 0 atom stereocenters. The van der Waals surface area contributed by atoms with Gasteiger partial charge in [0.25, 0.3) is 0 Å². The SMILES string of the molecule is C#Cc1cc(CNC(=O)C=Cc2ccc(C(F)(F)F)nc2C2CCNCC2)cc(F)c1NS(C)(=O)=O. The van der Waals surface area contributed by atoms with E-state index in [1.165, 1.54) is 18.2 Å². The van der Waals surface area contributed by atoms with E-state index >= 15 is 0 Å². The number of sulfonamides is 1. The fourth-order valence-corrected chi connectivity index (χ4v) is 4.37. The maximum Gasteiger partial charge on any atom is 0.433 e. The summed E-state index contributed by atoms with van der Waals surface area (Å²) in [6, 6.07) is 4.56. The van der Waals surface area contributed by atoms with E-state index < -0.39 is 33.6 Å². The van der Waals surface area contributed by atoms with Gasteiger partial charge in [-0.1, -0.05) is 12.0 Å². The van der Waals surface area contributed by atoms with Crippen LogP contribution in [0.15, 0.2) is 30.3 Å². The monoisotopic (exact) mass is 524 g/mol. The first-order valence-corrected chi connectivity index (χ1v) is 12.8. The molecule has 2 heterocycles. The van der Waals surface area contributed by atoms with Crippen molar-refractivity contribution in [3.05, 3.63) is 64.2 Å². The molecule has 0 unspecified atom stereocenters. The summed E-state index contributed by atoms with van der Waals surface area (Å²) in [5.41, 5.74) is -0.421. The number of anilines is 1. The largest absolute Gasteiger partial charge is 0.433 e. The predicted molar refractivity (Wildman–Crippen MR) is 128 cm³/mol. The number of nitrogens with zero attached hydrogens (tertiary/aromatic N) is 1. The van der Waals surface area contributed by atoms with Crippen molar-refractivity contribution in [2.45, 2.75) is 31.5 Å². The maximum absolute atomic E-state index is 14.4. The molecule has 36 heavy (non-hydrogen) atoms. The third kappa shape index (κ3) is 7.29. The number of carbonyl (C=O) groups is 1. The maximum atomic E-state index is 14.4. The zero-order valence-corrected chi connectivity index (χ0v) is 20.1. The average molecular weight is 525 g/mol. The molecule has 1 aliphatic rings. The first-order chi connectivity index (χ1) is 16.9. The highest BCUT2D eigenvalue weighted by Gasteiger charge is 2.34. The Kier molecular flexibility index (Phi) is 8.37. The molecule has 3 N–H and O–H groups in total. The Morgan fingerprint density at radius 3 is 2.58 bits per heavy atom. The van der Waals surface area contributed by atoms with Crippen LogP contribution in [-0.4, -0.2) is 38.7 Å². The van der Waals surface area contributed by atoms with Crippen molar-refractivity contribution in [2.24, 2.45) is 0 Å². The Labute approximate surface area is 206 Å². The van der Waals surface area contributed by atoms with Gasteiger partial charge in [-0.25, -0.2) is 17.8 Å².